The molecule has 1 aliphatic carbocycles. The van der Waals surface area contributed by atoms with Gasteiger partial charge in [-0.25, -0.2) is 0 Å². The molecule has 0 radical (unpaired) electrons. The van der Waals surface area contributed by atoms with Gasteiger partial charge in [0.15, 0.2) is 5.58 Å². The van der Waals surface area contributed by atoms with Crippen LogP contribution in [0.1, 0.15) is 22.8 Å². The summed E-state index contributed by atoms with van der Waals surface area (Å²) in [7, 11) is 0. The van der Waals surface area contributed by atoms with E-state index in [-0.39, 0.29) is 11.9 Å². The molecule has 3 aromatic carbocycles. The molecule has 166 valence electrons. The lowest BCUT2D eigenvalue weighted by Crippen LogP contribution is -2.43. The molecule has 5 heteroatoms. The molecular formula is C28H27N3O2. The summed E-state index contributed by atoms with van der Waals surface area (Å²) in [6, 6.07) is 24.7. The van der Waals surface area contributed by atoms with Crippen LogP contribution in [0.5, 0.6) is 0 Å². The maximum Gasteiger partial charge on any atom is 0.295 e. The molecule has 33 heavy (non-hydrogen) atoms. The molecule has 1 aromatic heterocycles. The van der Waals surface area contributed by atoms with Crippen molar-refractivity contribution in [3.8, 4) is 11.1 Å². The molecule has 6 rings (SSSR count). The Bertz CT molecular complexity index is 1300. The van der Waals surface area contributed by atoms with Gasteiger partial charge < -0.3 is 14.6 Å². The number of aromatic nitrogens is 1. The van der Waals surface area contributed by atoms with E-state index in [0.717, 1.165) is 39.9 Å². The second-order valence-corrected chi connectivity index (χ2v) is 9.41. The number of rotatable bonds is 5. The van der Waals surface area contributed by atoms with Crippen molar-refractivity contribution in [1.29, 1.82) is 0 Å². The maximum atomic E-state index is 13.9. The Kier molecular flexibility index (Phi) is 4.72. The van der Waals surface area contributed by atoms with Crippen molar-refractivity contribution < 1.29 is 9.21 Å². The lowest BCUT2D eigenvalue weighted by atomic mass is 9.96. The Morgan fingerprint density at radius 1 is 1.09 bits per heavy atom. The van der Waals surface area contributed by atoms with E-state index in [1.165, 1.54) is 0 Å². The minimum atomic E-state index is 0.112. The number of aryl methyl sites for hydroxylation is 1. The van der Waals surface area contributed by atoms with Gasteiger partial charge in [0.1, 0.15) is 5.52 Å². The first-order chi connectivity index (χ1) is 16.1. The van der Waals surface area contributed by atoms with Crippen molar-refractivity contribution in [1.82, 2.24) is 9.88 Å². The summed E-state index contributed by atoms with van der Waals surface area (Å²) in [5.41, 5.74) is 5.54. The highest BCUT2D eigenvalue weighted by Crippen LogP contribution is 2.55. The summed E-state index contributed by atoms with van der Waals surface area (Å²) in [5, 5.41) is 3.38. The van der Waals surface area contributed by atoms with Gasteiger partial charge in [0, 0.05) is 18.7 Å². The molecule has 1 saturated carbocycles. The number of carbonyl (C=O) groups excluding carboxylic acids is 1. The Balaban J connectivity index is 1.28. The van der Waals surface area contributed by atoms with Crippen molar-refractivity contribution in [2.75, 3.05) is 18.4 Å². The molecule has 1 amide bonds. The van der Waals surface area contributed by atoms with E-state index in [4.69, 9.17) is 4.42 Å². The number of benzene rings is 3. The fraction of sp³-hybridized carbons (Fsp3) is 0.286. The SMILES string of the molecule is Cc1ccc(-c2ccccc2)c(C(=O)N2C[C@H]3[C@@H](C)[C@H]3[C@H]2CNc2nc3ccccc3o2)c1. The van der Waals surface area contributed by atoms with Crippen LogP contribution in [0.15, 0.2) is 77.2 Å². The number of hydrogen-bond donors (Lipinski definition) is 1. The third-order valence-electron chi connectivity index (χ3n) is 7.40. The van der Waals surface area contributed by atoms with Gasteiger partial charge in [0.2, 0.25) is 0 Å². The number of nitrogens with one attached hydrogen (secondary N) is 1. The molecule has 0 bridgehead atoms. The van der Waals surface area contributed by atoms with Crippen LogP contribution >= 0.6 is 0 Å². The van der Waals surface area contributed by atoms with Gasteiger partial charge in [0.05, 0.1) is 6.04 Å². The van der Waals surface area contributed by atoms with Crippen LogP contribution in [0.2, 0.25) is 0 Å². The van der Waals surface area contributed by atoms with Crippen molar-refractivity contribution in [2.45, 2.75) is 19.9 Å². The largest absolute Gasteiger partial charge is 0.424 e. The zero-order valence-electron chi connectivity index (χ0n) is 18.9. The summed E-state index contributed by atoms with van der Waals surface area (Å²) in [4.78, 5) is 20.5. The lowest BCUT2D eigenvalue weighted by molar-refractivity contribution is 0.0705. The van der Waals surface area contributed by atoms with E-state index in [9.17, 15) is 4.79 Å². The number of nitrogens with zero attached hydrogens (tertiary/aromatic N) is 2. The second kappa shape index (κ2) is 7.77. The highest BCUT2D eigenvalue weighted by molar-refractivity contribution is 6.01. The number of likely N-dealkylation sites (tertiary alicyclic amines) is 1. The average molecular weight is 438 g/mol. The third-order valence-corrected chi connectivity index (χ3v) is 7.40. The predicted octanol–water partition coefficient (Wildman–Crippen LogP) is 5.62. The number of hydrogen-bond acceptors (Lipinski definition) is 4. The minimum absolute atomic E-state index is 0.112. The lowest BCUT2D eigenvalue weighted by Gasteiger charge is -2.29. The molecule has 2 heterocycles. The molecule has 0 spiro atoms. The number of para-hydroxylation sites is 2. The van der Waals surface area contributed by atoms with Gasteiger partial charge in [0.25, 0.3) is 11.9 Å². The monoisotopic (exact) mass is 437 g/mol. The Morgan fingerprint density at radius 2 is 1.88 bits per heavy atom. The van der Waals surface area contributed by atoms with Gasteiger partial charge in [-0.05, 0) is 54.0 Å². The fourth-order valence-corrected chi connectivity index (χ4v) is 5.55. The van der Waals surface area contributed by atoms with E-state index >= 15 is 0 Å². The van der Waals surface area contributed by atoms with Crippen molar-refractivity contribution >= 4 is 23.0 Å². The smallest absolute Gasteiger partial charge is 0.295 e. The molecule has 1 N–H and O–H groups in total. The zero-order chi connectivity index (χ0) is 22.5. The Labute approximate surface area is 193 Å². The van der Waals surface area contributed by atoms with Crippen molar-refractivity contribution in [2.24, 2.45) is 17.8 Å². The van der Waals surface area contributed by atoms with E-state index < -0.39 is 0 Å². The standard InChI is InChI=1S/C28H27N3O2/c1-17-12-13-20(19-8-4-3-5-9-19)21(14-17)27(32)31-16-22-18(2)26(22)24(31)15-29-28-30-23-10-6-7-11-25(23)33-28/h3-14,18,22,24,26H,15-16H2,1-2H3,(H,29,30)/t18-,22+,24-,26-/m1/s1. The molecule has 4 aromatic rings. The second-order valence-electron chi connectivity index (χ2n) is 9.41. The number of amides is 1. The highest BCUT2D eigenvalue weighted by Gasteiger charge is 2.59. The number of carbonyl (C=O) groups is 1. The molecule has 5 nitrogen and oxygen atoms in total. The highest BCUT2D eigenvalue weighted by atomic mass is 16.4. The summed E-state index contributed by atoms with van der Waals surface area (Å²) in [6.07, 6.45) is 0. The summed E-state index contributed by atoms with van der Waals surface area (Å²) >= 11 is 0. The average Bonchev–Trinajstić information content (AvgIpc) is 3.17. The van der Waals surface area contributed by atoms with Crippen LogP contribution in [-0.4, -0.2) is 34.9 Å². The first-order valence-electron chi connectivity index (χ1n) is 11.7. The van der Waals surface area contributed by atoms with E-state index in [1.807, 2.05) is 55.5 Å². The number of piperidine rings is 1. The van der Waals surface area contributed by atoms with Crippen LogP contribution in [0, 0.1) is 24.7 Å². The predicted molar refractivity (Wildman–Crippen MR) is 130 cm³/mol. The topological polar surface area (TPSA) is 58.4 Å². The molecule has 2 aliphatic rings. The van der Waals surface area contributed by atoms with E-state index in [1.54, 1.807) is 0 Å². The van der Waals surface area contributed by atoms with Crippen LogP contribution in [0.3, 0.4) is 0 Å². The van der Waals surface area contributed by atoms with Crippen molar-refractivity contribution in [3.63, 3.8) is 0 Å². The van der Waals surface area contributed by atoms with E-state index in [2.05, 4.69) is 46.4 Å². The normalized spacial score (nSPS) is 23.5. The third kappa shape index (κ3) is 3.48. The van der Waals surface area contributed by atoms with Gasteiger partial charge in [-0.3, -0.25) is 4.79 Å². The van der Waals surface area contributed by atoms with Crippen LogP contribution in [0.25, 0.3) is 22.2 Å². The summed E-state index contributed by atoms with van der Waals surface area (Å²) < 4.78 is 5.85. The Morgan fingerprint density at radius 3 is 2.70 bits per heavy atom. The van der Waals surface area contributed by atoms with Gasteiger partial charge in [-0.2, -0.15) is 4.98 Å². The van der Waals surface area contributed by atoms with Crippen LogP contribution in [-0.2, 0) is 0 Å². The minimum Gasteiger partial charge on any atom is -0.424 e. The molecule has 0 unspecified atom stereocenters. The van der Waals surface area contributed by atoms with Gasteiger partial charge in [-0.15, -0.1) is 0 Å². The fourth-order valence-electron chi connectivity index (χ4n) is 5.55. The van der Waals surface area contributed by atoms with Gasteiger partial charge >= 0.3 is 0 Å². The first kappa shape index (κ1) is 20.0. The quantitative estimate of drug-likeness (QED) is 0.440. The summed E-state index contributed by atoms with van der Waals surface area (Å²) in [5.74, 6) is 1.86. The van der Waals surface area contributed by atoms with E-state index in [0.29, 0.717) is 30.3 Å². The van der Waals surface area contributed by atoms with Crippen molar-refractivity contribution in [3.05, 3.63) is 83.9 Å². The number of fused-ring (bicyclic) bond motifs is 2. The molecular weight excluding hydrogens is 410 g/mol. The molecule has 1 aliphatic heterocycles. The van der Waals surface area contributed by atoms with Crippen LogP contribution in [0.4, 0.5) is 6.01 Å². The molecule has 2 fully saturated rings. The zero-order valence-corrected chi connectivity index (χ0v) is 18.9. The van der Waals surface area contributed by atoms with Crippen LogP contribution < -0.4 is 5.32 Å². The first-order valence-corrected chi connectivity index (χ1v) is 11.7. The number of anilines is 1. The Hall–Kier alpha value is -3.60. The summed E-state index contributed by atoms with van der Waals surface area (Å²) in [6.45, 7) is 5.79. The number of oxazole rings is 1. The maximum absolute atomic E-state index is 13.9. The van der Waals surface area contributed by atoms with Gasteiger partial charge in [-0.1, -0.05) is 67.1 Å². The molecule has 4 atom stereocenters. The molecule has 1 saturated heterocycles.